The average Bonchev–Trinajstić information content (AvgIpc) is 3.23. The van der Waals surface area contributed by atoms with E-state index in [0.29, 0.717) is 31.4 Å². The zero-order valence-electron chi connectivity index (χ0n) is 13.1. The van der Waals surface area contributed by atoms with Crippen LogP contribution in [0.2, 0.25) is 0 Å². The monoisotopic (exact) mass is 341 g/mol. The van der Waals surface area contributed by atoms with Crippen LogP contribution in [0.3, 0.4) is 0 Å². The van der Waals surface area contributed by atoms with E-state index >= 15 is 0 Å². The van der Waals surface area contributed by atoms with Crippen LogP contribution in [0, 0.1) is 5.92 Å². The number of hydrogen-bond donors (Lipinski definition) is 1. The normalized spacial score (nSPS) is 25.6. The van der Waals surface area contributed by atoms with Gasteiger partial charge in [0.1, 0.15) is 0 Å². The van der Waals surface area contributed by atoms with Crippen molar-refractivity contribution in [1.29, 1.82) is 0 Å². The minimum Gasteiger partial charge on any atom is -0.481 e. The number of benzene rings is 1. The van der Waals surface area contributed by atoms with Gasteiger partial charge in [0.25, 0.3) is 0 Å². The number of aliphatic carboxylic acids is 1. The minimum atomic E-state index is -4.45. The van der Waals surface area contributed by atoms with Crippen LogP contribution in [-0.2, 0) is 21.2 Å². The summed E-state index contributed by atoms with van der Waals surface area (Å²) in [5.41, 5.74) is -1.33. The fourth-order valence-electron chi connectivity index (χ4n) is 3.58. The maximum absolute atomic E-state index is 12.9. The molecule has 1 aliphatic heterocycles. The Labute approximate surface area is 137 Å². The van der Waals surface area contributed by atoms with Crippen molar-refractivity contribution in [3.8, 4) is 0 Å². The van der Waals surface area contributed by atoms with Gasteiger partial charge in [-0.1, -0.05) is 18.2 Å². The Hall–Kier alpha value is -2.05. The Kier molecular flexibility index (Phi) is 3.85. The van der Waals surface area contributed by atoms with Crippen molar-refractivity contribution in [2.75, 3.05) is 6.54 Å². The molecule has 2 atom stereocenters. The van der Waals surface area contributed by atoms with Crippen molar-refractivity contribution in [3.05, 3.63) is 35.4 Å². The second kappa shape index (κ2) is 5.50. The van der Waals surface area contributed by atoms with Crippen LogP contribution in [0.4, 0.5) is 13.2 Å². The summed E-state index contributed by atoms with van der Waals surface area (Å²) in [6.45, 7) is 2.02. The molecule has 2 fully saturated rings. The van der Waals surface area contributed by atoms with Gasteiger partial charge in [-0.05, 0) is 37.8 Å². The number of carboxylic acid groups (broad SMARTS) is 1. The molecule has 1 aromatic rings. The fraction of sp³-hybridized carbons (Fsp3) is 0.529. The highest BCUT2D eigenvalue weighted by Gasteiger charge is 2.55. The highest BCUT2D eigenvalue weighted by atomic mass is 19.4. The molecule has 3 rings (SSSR count). The molecule has 4 nitrogen and oxygen atoms in total. The SMILES string of the molecule is CC1C(C(=O)O)CCN1C(=O)C1(c2cccc(C(F)(F)F)c2)CC1. The molecule has 0 spiro atoms. The standard InChI is InChI=1S/C17H18F3NO3/c1-10-13(14(22)23)5-8-21(10)15(24)16(6-7-16)11-3-2-4-12(9-11)17(18,19)20/h2-4,9-10,13H,5-8H2,1H3,(H,22,23). The Balaban J connectivity index is 1.87. The van der Waals surface area contributed by atoms with E-state index in [1.165, 1.54) is 11.0 Å². The van der Waals surface area contributed by atoms with Crippen LogP contribution >= 0.6 is 0 Å². The summed E-state index contributed by atoms with van der Waals surface area (Å²) < 4.78 is 38.8. The summed E-state index contributed by atoms with van der Waals surface area (Å²) in [6.07, 6.45) is -3.09. The molecule has 1 saturated carbocycles. The number of halogens is 3. The number of carboxylic acids is 1. The van der Waals surface area contributed by atoms with Crippen molar-refractivity contribution in [3.63, 3.8) is 0 Å². The number of nitrogens with zero attached hydrogens (tertiary/aromatic N) is 1. The van der Waals surface area contributed by atoms with E-state index in [0.717, 1.165) is 12.1 Å². The fourth-order valence-corrected chi connectivity index (χ4v) is 3.58. The van der Waals surface area contributed by atoms with Gasteiger partial charge in [0.2, 0.25) is 5.91 Å². The van der Waals surface area contributed by atoms with Crippen molar-refractivity contribution in [1.82, 2.24) is 4.90 Å². The van der Waals surface area contributed by atoms with Gasteiger partial charge < -0.3 is 10.0 Å². The van der Waals surface area contributed by atoms with E-state index in [-0.39, 0.29) is 5.91 Å². The predicted octanol–water partition coefficient (Wildman–Crippen LogP) is 3.06. The molecule has 0 radical (unpaired) electrons. The smallest absolute Gasteiger partial charge is 0.416 e. The molecule has 0 aromatic heterocycles. The summed E-state index contributed by atoms with van der Waals surface area (Å²) in [5, 5.41) is 9.18. The number of amides is 1. The van der Waals surface area contributed by atoms with Gasteiger partial charge in [-0.25, -0.2) is 0 Å². The van der Waals surface area contributed by atoms with Crippen molar-refractivity contribution >= 4 is 11.9 Å². The molecule has 1 amide bonds. The molecule has 1 aliphatic carbocycles. The molecule has 7 heteroatoms. The zero-order valence-corrected chi connectivity index (χ0v) is 13.1. The Morgan fingerprint density at radius 3 is 2.46 bits per heavy atom. The molecule has 1 N–H and O–H groups in total. The Morgan fingerprint density at radius 2 is 1.96 bits per heavy atom. The van der Waals surface area contributed by atoms with E-state index in [2.05, 4.69) is 0 Å². The van der Waals surface area contributed by atoms with Crippen LogP contribution < -0.4 is 0 Å². The highest BCUT2D eigenvalue weighted by molar-refractivity contribution is 5.92. The Bertz CT molecular complexity index is 682. The number of alkyl halides is 3. The largest absolute Gasteiger partial charge is 0.481 e. The van der Waals surface area contributed by atoms with E-state index in [9.17, 15) is 27.9 Å². The lowest BCUT2D eigenvalue weighted by atomic mass is 9.92. The van der Waals surface area contributed by atoms with Gasteiger partial charge >= 0.3 is 12.1 Å². The molecule has 1 saturated heterocycles. The van der Waals surface area contributed by atoms with Crippen LogP contribution in [0.1, 0.15) is 37.3 Å². The van der Waals surface area contributed by atoms with Gasteiger partial charge in [-0.15, -0.1) is 0 Å². The average molecular weight is 341 g/mol. The quantitative estimate of drug-likeness (QED) is 0.919. The van der Waals surface area contributed by atoms with Crippen LogP contribution in [0.5, 0.6) is 0 Å². The highest BCUT2D eigenvalue weighted by Crippen LogP contribution is 2.51. The third kappa shape index (κ3) is 2.65. The van der Waals surface area contributed by atoms with Crippen LogP contribution in [-0.4, -0.2) is 34.5 Å². The second-order valence-electron chi connectivity index (χ2n) is 6.63. The maximum atomic E-state index is 12.9. The van der Waals surface area contributed by atoms with Crippen LogP contribution in [0.15, 0.2) is 24.3 Å². The van der Waals surface area contributed by atoms with Crippen molar-refractivity contribution in [2.24, 2.45) is 5.92 Å². The summed E-state index contributed by atoms with van der Waals surface area (Å²) in [6, 6.07) is 4.45. The molecule has 24 heavy (non-hydrogen) atoms. The predicted molar refractivity (Wildman–Crippen MR) is 79.3 cm³/mol. The summed E-state index contributed by atoms with van der Waals surface area (Å²) in [5.74, 6) is -1.81. The number of likely N-dealkylation sites (tertiary alicyclic amines) is 1. The summed E-state index contributed by atoms with van der Waals surface area (Å²) >= 11 is 0. The molecule has 130 valence electrons. The molecule has 2 unspecified atom stereocenters. The molecular formula is C17H18F3NO3. The third-order valence-corrected chi connectivity index (χ3v) is 5.23. The van der Waals surface area contributed by atoms with E-state index in [4.69, 9.17) is 0 Å². The molecule has 2 aliphatic rings. The van der Waals surface area contributed by atoms with Crippen molar-refractivity contribution in [2.45, 2.75) is 43.8 Å². The lowest BCUT2D eigenvalue weighted by molar-refractivity contribution is -0.143. The third-order valence-electron chi connectivity index (χ3n) is 5.23. The Morgan fingerprint density at radius 1 is 1.29 bits per heavy atom. The second-order valence-corrected chi connectivity index (χ2v) is 6.63. The number of carbonyl (C=O) groups excluding carboxylic acids is 1. The molecule has 1 aromatic carbocycles. The summed E-state index contributed by atoms with van der Waals surface area (Å²) in [7, 11) is 0. The first-order valence-electron chi connectivity index (χ1n) is 7.88. The number of carbonyl (C=O) groups is 2. The van der Waals surface area contributed by atoms with Gasteiger partial charge in [-0.2, -0.15) is 13.2 Å². The van der Waals surface area contributed by atoms with Crippen molar-refractivity contribution < 1.29 is 27.9 Å². The van der Waals surface area contributed by atoms with E-state index in [1.54, 1.807) is 13.0 Å². The zero-order chi connectivity index (χ0) is 17.7. The van der Waals surface area contributed by atoms with Gasteiger partial charge in [0.15, 0.2) is 0 Å². The first-order chi connectivity index (χ1) is 11.2. The molecule has 1 heterocycles. The summed E-state index contributed by atoms with van der Waals surface area (Å²) in [4.78, 5) is 25.6. The number of rotatable bonds is 3. The van der Waals surface area contributed by atoms with Gasteiger partial charge in [0, 0.05) is 12.6 Å². The minimum absolute atomic E-state index is 0.252. The first-order valence-corrected chi connectivity index (χ1v) is 7.88. The first kappa shape index (κ1) is 16.8. The molecule has 0 bridgehead atoms. The van der Waals surface area contributed by atoms with E-state index in [1.807, 2.05) is 0 Å². The lowest BCUT2D eigenvalue weighted by Crippen LogP contribution is -2.43. The maximum Gasteiger partial charge on any atom is 0.416 e. The van der Waals surface area contributed by atoms with Gasteiger partial charge in [-0.3, -0.25) is 9.59 Å². The lowest BCUT2D eigenvalue weighted by Gasteiger charge is -2.28. The molecular weight excluding hydrogens is 323 g/mol. The topological polar surface area (TPSA) is 57.6 Å². The number of hydrogen-bond acceptors (Lipinski definition) is 2. The van der Waals surface area contributed by atoms with E-state index < -0.39 is 35.1 Å². The van der Waals surface area contributed by atoms with Gasteiger partial charge in [0.05, 0.1) is 16.9 Å². The van der Waals surface area contributed by atoms with Crippen LogP contribution in [0.25, 0.3) is 0 Å².